The molecule has 0 spiro atoms. The van der Waals surface area contributed by atoms with Gasteiger partial charge in [0.15, 0.2) is 0 Å². The van der Waals surface area contributed by atoms with Gasteiger partial charge in [0.05, 0.1) is 21.5 Å². The van der Waals surface area contributed by atoms with E-state index < -0.39 is 11.7 Å². The molecule has 1 aromatic heterocycles. The number of hydrogen-bond donors (Lipinski definition) is 0. The number of fused-ring (bicyclic) bond motifs is 1. The average molecular weight is 412 g/mol. The van der Waals surface area contributed by atoms with Crippen LogP contribution in [0.4, 0.5) is 13.2 Å². The lowest BCUT2D eigenvalue weighted by Crippen LogP contribution is -2.13. The van der Waals surface area contributed by atoms with Crippen LogP contribution in [0.15, 0.2) is 46.7 Å². The predicted octanol–water partition coefficient (Wildman–Crippen LogP) is 5.29. The second-order valence-electron chi connectivity index (χ2n) is 5.03. The van der Waals surface area contributed by atoms with E-state index in [1.54, 1.807) is 30.3 Å². The number of alkyl halides is 3. The van der Waals surface area contributed by atoms with Crippen LogP contribution in [0.25, 0.3) is 15.8 Å². The van der Waals surface area contributed by atoms with Crippen molar-refractivity contribution in [2.45, 2.75) is 6.18 Å². The quantitative estimate of drug-likeness (QED) is 0.598. The van der Waals surface area contributed by atoms with Gasteiger partial charge in [0.1, 0.15) is 16.6 Å². The van der Waals surface area contributed by atoms with Crippen LogP contribution >= 0.6 is 27.3 Å². The molecular formula is C16H9BrF3N3S. The largest absolute Gasteiger partial charge is 0.416 e. The number of thiazole rings is 1. The summed E-state index contributed by atoms with van der Waals surface area (Å²) in [5.74, 6) is 0. The van der Waals surface area contributed by atoms with Crippen LogP contribution in [-0.2, 0) is 6.18 Å². The molecule has 0 unspecified atom stereocenters. The zero-order valence-electron chi connectivity index (χ0n) is 12.2. The minimum absolute atomic E-state index is 0.234. The van der Waals surface area contributed by atoms with Gasteiger partial charge >= 0.3 is 6.18 Å². The predicted molar refractivity (Wildman–Crippen MR) is 91.1 cm³/mol. The third-order valence-corrected chi connectivity index (χ3v) is 4.92. The van der Waals surface area contributed by atoms with E-state index in [0.717, 1.165) is 16.6 Å². The fraction of sp³-hybridized carbons (Fsp3) is 0.125. The molecule has 0 bridgehead atoms. The van der Waals surface area contributed by atoms with Crippen molar-refractivity contribution in [2.24, 2.45) is 0 Å². The highest BCUT2D eigenvalue weighted by atomic mass is 79.9. The maximum absolute atomic E-state index is 12.8. The van der Waals surface area contributed by atoms with Gasteiger partial charge in [-0.25, -0.2) is 4.98 Å². The van der Waals surface area contributed by atoms with Gasteiger partial charge in [-0.3, -0.25) is 0 Å². The molecular weight excluding hydrogens is 403 g/mol. The fourth-order valence-corrected chi connectivity index (χ4v) is 3.65. The monoisotopic (exact) mass is 411 g/mol. The fourth-order valence-electron chi connectivity index (χ4n) is 2.26. The summed E-state index contributed by atoms with van der Waals surface area (Å²) in [7, 11) is 1.78. The second kappa shape index (κ2) is 6.07. The molecule has 8 heteroatoms. The molecule has 0 saturated carbocycles. The Balaban J connectivity index is 2.12. The normalized spacial score (nSPS) is 17.0. The van der Waals surface area contributed by atoms with E-state index in [-0.39, 0.29) is 5.52 Å². The molecule has 0 amide bonds. The van der Waals surface area contributed by atoms with Crippen molar-refractivity contribution in [1.82, 2.24) is 9.88 Å². The number of benzene rings is 1. The lowest BCUT2D eigenvalue weighted by atomic mass is 10.1. The third-order valence-electron chi connectivity index (χ3n) is 3.39. The van der Waals surface area contributed by atoms with Gasteiger partial charge in [-0.05, 0) is 46.3 Å². The maximum atomic E-state index is 12.8. The highest BCUT2D eigenvalue weighted by Gasteiger charge is 2.31. The smallest absolute Gasteiger partial charge is 0.349 e. The molecule has 3 nitrogen and oxygen atoms in total. The van der Waals surface area contributed by atoms with Gasteiger partial charge in [0.25, 0.3) is 0 Å². The maximum Gasteiger partial charge on any atom is 0.416 e. The van der Waals surface area contributed by atoms with Crippen LogP contribution in [0, 0.1) is 11.3 Å². The standard InChI is InChI=1S/C16H9BrF3N3S/c1-23-8-10(17)3-4-13(23)11(7-21)15-22-12-6-9(16(18,19)20)2-5-14(12)24-15/h2-6,8H,1H3. The summed E-state index contributed by atoms with van der Waals surface area (Å²) in [4.78, 5) is 5.99. The molecule has 0 aliphatic carbocycles. The van der Waals surface area contributed by atoms with Crippen molar-refractivity contribution in [3.63, 3.8) is 0 Å². The Bertz CT molecular complexity index is 948. The summed E-state index contributed by atoms with van der Waals surface area (Å²) in [5.41, 5.74) is 0.437. The molecule has 0 fully saturated rings. The van der Waals surface area contributed by atoms with E-state index in [4.69, 9.17) is 0 Å². The lowest BCUT2D eigenvalue weighted by molar-refractivity contribution is -0.137. The van der Waals surface area contributed by atoms with E-state index in [1.807, 2.05) is 0 Å². The molecule has 0 saturated heterocycles. The van der Waals surface area contributed by atoms with Crippen LogP contribution in [0.5, 0.6) is 0 Å². The van der Waals surface area contributed by atoms with Crippen LogP contribution in [0.1, 0.15) is 10.6 Å². The highest BCUT2D eigenvalue weighted by Crippen LogP contribution is 2.35. The number of nitriles is 1. The third kappa shape index (κ3) is 3.09. The first-order valence-corrected chi connectivity index (χ1v) is 8.31. The van der Waals surface area contributed by atoms with Crippen molar-refractivity contribution < 1.29 is 13.2 Å². The minimum Gasteiger partial charge on any atom is -0.349 e. The van der Waals surface area contributed by atoms with Gasteiger partial charge in [-0.15, -0.1) is 11.3 Å². The van der Waals surface area contributed by atoms with Gasteiger partial charge in [0, 0.05) is 17.7 Å². The summed E-state index contributed by atoms with van der Waals surface area (Å²) in [5, 5.41) is 9.90. The number of halogens is 4. The van der Waals surface area contributed by atoms with Crippen molar-refractivity contribution in [1.29, 1.82) is 5.26 Å². The van der Waals surface area contributed by atoms with Gasteiger partial charge < -0.3 is 4.90 Å². The number of aromatic nitrogens is 1. The summed E-state index contributed by atoms with van der Waals surface area (Å²) in [6, 6.07) is 5.52. The highest BCUT2D eigenvalue weighted by molar-refractivity contribution is 9.11. The molecule has 0 atom stereocenters. The molecule has 24 heavy (non-hydrogen) atoms. The summed E-state index contributed by atoms with van der Waals surface area (Å²) >= 11 is 4.54. The zero-order chi connectivity index (χ0) is 17.5. The molecule has 3 rings (SSSR count). The van der Waals surface area contributed by atoms with E-state index in [1.165, 1.54) is 17.4 Å². The van der Waals surface area contributed by atoms with Gasteiger partial charge in [0.2, 0.25) is 0 Å². The van der Waals surface area contributed by atoms with Crippen LogP contribution in [0.2, 0.25) is 0 Å². The first kappa shape index (κ1) is 16.7. The molecule has 1 aliphatic rings. The SMILES string of the molecule is CN1C=C(Br)C=CC1=C(C#N)c1nc2cc(C(F)(F)F)ccc2s1. The topological polar surface area (TPSA) is 39.9 Å². The Morgan fingerprint density at radius 1 is 1.33 bits per heavy atom. The Morgan fingerprint density at radius 3 is 2.71 bits per heavy atom. The van der Waals surface area contributed by atoms with Crippen LogP contribution < -0.4 is 0 Å². The van der Waals surface area contributed by atoms with Gasteiger partial charge in [-0.1, -0.05) is 0 Å². The van der Waals surface area contributed by atoms with Crippen LogP contribution in [-0.4, -0.2) is 16.9 Å². The minimum atomic E-state index is -4.42. The van der Waals surface area contributed by atoms with Crippen molar-refractivity contribution >= 4 is 43.1 Å². The zero-order valence-corrected chi connectivity index (χ0v) is 14.6. The van der Waals surface area contributed by atoms with Crippen molar-refractivity contribution in [3.05, 3.63) is 57.3 Å². The first-order chi connectivity index (χ1) is 11.3. The Hall–Kier alpha value is -2.11. The Morgan fingerprint density at radius 2 is 2.08 bits per heavy atom. The van der Waals surface area contributed by atoms with E-state index in [2.05, 4.69) is 27.0 Å². The summed E-state index contributed by atoms with van der Waals surface area (Å²) < 4.78 is 39.9. The molecule has 2 aromatic rings. The summed E-state index contributed by atoms with van der Waals surface area (Å²) in [6.45, 7) is 0. The Labute approximate surface area is 148 Å². The first-order valence-electron chi connectivity index (χ1n) is 6.70. The number of allylic oxidation sites excluding steroid dienone is 4. The number of likely N-dealkylation sites (N-methyl/N-ethyl adjacent to an activating group) is 1. The number of rotatable bonds is 1. The van der Waals surface area contributed by atoms with Crippen LogP contribution in [0.3, 0.4) is 0 Å². The molecule has 122 valence electrons. The molecule has 0 N–H and O–H groups in total. The average Bonchev–Trinajstić information content (AvgIpc) is 2.91. The molecule has 0 radical (unpaired) electrons. The van der Waals surface area contributed by atoms with Gasteiger partial charge in [-0.2, -0.15) is 18.4 Å². The Kier molecular flexibility index (Phi) is 4.24. The molecule has 1 aliphatic heterocycles. The molecule has 1 aromatic carbocycles. The lowest BCUT2D eigenvalue weighted by Gasteiger charge is -2.20. The second-order valence-corrected chi connectivity index (χ2v) is 6.98. The number of hydrogen-bond acceptors (Lipinski definition) is 4. The number of nitrogens with zero attached hydrogens (tertiary/aromatic N) is 3. The van der Waals surface area contributed by atoms with Crippen molar-refractivity contribution in [3.8, 4) is 6.07 Å². The van der Waals surface area contributed by atoms with E-state index >= 15 is 0 Å². The molecule has 2 heterocycles. The van der Waals surface area contributed by atoms with E-state index in [0.29, 0.717) is 21.0 Å². The van der Waals surface area contributed by atoms with Crippen molar-refractivity contribution in [2.75, 3.05) is 7.05 Å². The van der Waals surface area contributed by atoms with E-state index in [9.17, 15) is 18.4 Å². The summed E-state index contributed by atoms with van der Waals surface area (Å²) in [6.07, 6.45) is 0.928.